The van der Waals surface area contributed by atoms with Crippen LogP contribution in [0.1, 0.15) is 39.2 Å². The highest BCUT2D eigenvalue weighted by molar-refractivity contribution is 5.39. The summed E-state index contributed by atoms with van der Waals surface area (Å²) in [4.78, 5) is 0. The summed E-state index contributed by atoms with van der Waals surface area (Å²) >= 11 is 0. The van der Waals surface area contributed by atoms with Crippen LogP contribution in [0.4, 0.5) is 4.39 Å². The molecule has 0 N–H and O–H groups in total. The maximum Gasteiger partial charge on any atom is 0.123 e. The van der Waals surface area contributed by atoms with Gasteiger partial charge in [-0.1, -0.05) is 20.8 Å². The SMILES string of the molecule is CC(C)(C)c1cc(F)ccc1OC1CC1. The predicted molar refractivity (Wildman–Crippen MR) is 58.8 cm³/mol. The van der Waals surface area contributed by atoms with Gasteiger partial charge >= 0.3 is 0 Å². The minimum absolute atomic E-state index is 0.0771. The fourth-order valence-electron chi connectivity index (χ4n) is 1.56. The lowest BCUT2D eigenvalue weighted by molar-refractivity contribution is 0.294. The Hall–Kier alpha value is -1.05. The molecule has 1 aromatic carbocycles. The highest BCUT2D eigenvalue weighted by atomic mass is 19.1. The van der Waals surface area contributed by atoms with Crippen LogP contribution in [-0.4, -0.2) is 6.10 Å². The van der Waals surface area contributed by atoms with Crippen LogP contribution in [0.5, 0.6) is 5.75 Å². The first-order valence-corrected chi connectivity index (χ1v) is 5.43. The van der Waals surface area contributed by atoms with Crippen LogP contribution in [0.2, 0.25) is 0 Å². The van der Waals surface area contributed by atoms with E-state index >= 15 is 0 Å². The normalized spacial score (nSPS) is 16.5. The first kappa shape index (κ1) is 10.5. The van der Waals surface area contributed by atoms with Crippen LogP contribution >= 0.6 is 0 Å². The van der Waals surface area contributed by atoms with E-state index < -0.39 is 0 Å². The topological polar surface area (TPSA) is 9.23 Å². The Morgan fingerprint density at radius 1 is 1.27 bits per heavy atom. The maximum absolute atomic E-state index is 13.2. The monoisotopic (exact) mass is 208 g/mol. The average Bonchev–Trinajstić information content (AvgIpc) is 2.90. The van der Waals surface area contributed by atoms with Crippen LogP contribution in [0, 0.1) is 5.82 Å². The molecule has 1 saturated carbocycles. The van der Waals surface area contributed by atoms with Crippen molar-refractivity contribution in [2.24, 2.45) is 0 Å². The molecule has 0 heterocycles. The van der Waals surface area contributed by atoms with E-state index in [4.69, 9.17) is 4.74 Å². The third-order valence-electron chi connectivity index (χ3n) is 2.57. The Kier molecular flexibility index (Phi) is 2.45. The van der Waals surface area contributed by atoms with Gasteiger partial charge in [0.05, 0.1) is 6.10 Å². The largest absolute Gasteiger partial charge is 0.490 e. The number of ether oxygens (including phenoxy) is 1. The van der Waals surface area contributed by atoms with Crippen molar-refractivity contribution in [3.63, 3.8) is 0 Å². The van der Waals surface area contributed by atoms with Gasteiger partial charge in [0.25, 0.3) is 0 Å². The number of hydrogen-bond donors (Lipinski definition) is 0. The van der Waals surface area contributed by atoms with Crippen LogP contribution in [0.15, 0.2) is 18.2 Å². The van der Waals surface area contributed by atoms with Gasteiger partial charge in [0.1, 0.15) is 11.6 Å². The highest BCUT2D eigenvalue weighted by Crippen LogP contribution is 2.35. The molecule has 0 bridgehead atoms. The molecule has 0 atom stereocenters. The van der Waals surface area contributed by atoms with E-state index in [9.17, 15) is 4.39 Å². The molecule has 1 fully saturated rings. The predicted octanol–water partition coefficient (Wildman–Crippen LogP) is 3.66. The van der Waals surface area contributed by atoms with Crippen molar-refractivity contribution in [3.05, 3.63) is 29.6 Å². The molecule has 0 aliphatic heterocycles. The summed E-state index contributed by atoms with van der Waals surface area (Å²) in [5.41, 5.74) is 0.876. The van der Waals surface area contributed by atoms with E-state index in [2.05, 4.69) is 20.8 Å². The quantitative estimate of drug-likeness (QED) is 0.720. The summed E-state index contributed by atoms with van der Waals surface area (Å²) in [5, 5.41) is 0. The van der Waals surface area contributed by atoms with Gasteiger partial charge in [0, 0.05) is 5.56 Å². The van der Waals surface area contributed by atoms with E-state index in [1.807, 2.05) is 0 Å². The van der Waals surface area contributed by atoms with E-state index in [1.54, 1.807) is 12.1 Å². The van der Waals surface area contributed by atoms with Gasteiger partial charge in [-0.15, -0.1) is 0 Å². The third-order valence-corrected chi connectivity index (χ3v) is 2.57. The molecular formula is C13H17FO. The van der Waals surface area contributed by atoms with Gasteiger partial charge in [0.15, 0.2) is 0 Å². The first-order valence-electron chi connectivity index (χ1n) is 5.43. The van der Waals surface area contributed by atoms with Crippen molar-refractivity contribution in [1.29, 1.82) is 0 Å². The number of halogens is 1. The number of hydrogen-bond acceptors (Lipinski definition) is 1. The molecule has 0 radical (unpaired) electrons. The van der Waals surface area contributed by atoms with Crippen LogP contribution < -0.4 is 4.74 Å². The molecule has 0 amide bonds. The lowest BCUT2D eigenvalue weighted by Gasteiger charge is -2.22. The number of benzene rings is 1. The minimum atomic E-state index is -0.192. The second kappa shape index (κ2) is 3.51. The zero-order valence-electron chi connectivity index (χ0n) is 9.51. The zero-order chi connectivity index (χ0) is 11.1. The molecule has 1 nitrogen and oxygen atoms in total. The molecule has 15 heavy (non-hydrogen) atoms. The zero-order valence-corrected chi connectivity index (χ0v) is 9.51. The van der Waals surface area contributed by atoms with Gasteiger partial charge in [-0.25, -0.2) is 4.39 Å². The molecule has 1 aromatic rings. The van der Waals surface area contributed by atoms with E-state index in [-0.39, 0.29) is 11.2 Å². The maximum atomic E-state index is 13.2. The molecule has 1 aliphatic carbocycles. The van der Waals surface area contributed by atoms with Crippen LogP contribution in [-0.2, 0) is 5.41 Å². The minimum Gasteiger partial charge on any atom is -0.490 e. The molecule has 0 saturated heterocycles. The fraction of sp³-hybridized carbons (Fsp3) is 0.538. The second-order valence-corrected chi connectivity index (χ2v) is 5.21. The van der Waals surface area contributed by atoms with Crippen molar-refractivity contribution in [1.82, 2.24) is 0 Å². The smallest absolute Gasteiger partial charge is 0.123 e. The summed E-state index contributed by atoms with van der Waals surface area (Å²) < 4.78 is 18.9. The highest BCUT2D eigenvalue weighted by Gasteiger charge is 2.27. The van der Waals surface area contributed by atoms with E-state index in [1.165, 1.54) is 6.07 Å². The molecular weight excluding hydrogens is 191 g/mol. The summed E-state index contributed by atoms with van der Waals surface area (Å²) in [6.45, 7) is 6.21. The van der Waals surface area contributed by atoms with Gasteiger partial charge in [-0.05, 0) is 36.5 Å². The van der Waals surface area contributed by atoms with Crippen LogP contribution in [0.25, 0.3) is 0 Å². The van der Waals surface area contributed by atoms with Crippen molar-refractivity contribution >= 4 is 0 Å². The summed E-state index contributed by atoms with van der Waals surface area (Å²) in [5.74, 6) is 0.648. The molecule has 82 valence electrons. The Morgan fingerprint density at radius 2 is 1.93 bits per heavy atom. The average molecular weight is 208 g/mol. The summed E-state index contributed by atoms with van der Waals surface area (Å²) in [7, 11) is 0. The number of rotatable bonds is 2. The Morgan fingerprint density at radius 3 is 2.47 bits per heavy atom. The lowest BCUT2D eigenvalue weighted by atomic mass is 9.86. The Bertz CT molecular complexity index is 361. The summed E-state index contributed by atoms with van der Waals surface area (Å²) in [6, 6.07) is 4.79. The van der Waals surface area contributed by atoms with E-state index in [0.717, 1.165) is 24.2 Å². The van der Waals surface area contributed by atoms with Gasteiger partial charge in [0.2, 0.25) is 0 Å². The fourth-order valence-corrected chi connectivity index (χ4v) is 1.56. The van der Waals surface area contributed by atoms with Crippen molar-refractivity contribution in [2.75, 3.05) is 0 Å². The first-order chi connectivity index (χ1) is 6.97. The van der Waals surface area contributed by atoms with Gasteiger partial charge in [-0.2, -0.15) is 0 Å². The summed E-state index contributed by atoms with van der Waals surface area (Å²) in [6.07, 6.45) is 2.61. The molecule has 2 rings (SSSR count). The molecule has 0 aromatic heterocycles. The molecule has 2 heteroatoms. The third kappa shape index (κ3) is 2.49. The Labute approximate surface area is 90.3 Å². The van der Waals surface area contributed by atoms with Crippen molar-refractivity contribution in [2.45, 2.75) is 45.1 Å². The van der Waals surface area contributed by atoms with Crippen molar-refractivity contribution in [3.8, 4) is 5.75 Å². The Balaban J connectivity index is 2.34. The van der Waals surface area contributed by atoms with E-state index in [0.29, 0.717) is 6.10 Å². The van der Waals surface area contributed by atoms with Crippen molar-refractivity contribution < 1.29 is 9.13 Å². The van der Waals surface area contributed by atoms with Gasteiger partial charge < -0.3 is 4.74 Å². The lowest BCUT2D eigenvalue weighted by Crippen LogP contribution is -2.14. The van der Waals surface area contributed by atoms with Crippen LogP contribution in [0.3, 0.4) is 0 Å². The molecule has 0 spiro atoms. The second-order valence-electron chi connectivity index (χ2n) is 5.21. The molecule has 0 unspecified atom stereocenters. The van der Waals surface area contributed by atoms with Gasteiger partial charge in [-0.3, -0.25) is 0 Å². The molecule has 1 aliphatic rings. The standard InChI is InChI=1S/C13H17FO/c1-13(2,3)11-8-9(14)4-7-12(11)15-10-5-6-10/h4,7-8,10H,5-6H2,1-3H3.